The van der Waals surface area contributed by atoms with E-state index < -0.39 is 23.7 Å². The average molecular weight is 313 g/mol. The summed E-state index contributed by atoms with van der Waals surface area (Å²) in [7, 11) is 0. The molecule has 3 N–H and O–H groups in total. The molecule has 1 unspecified atom stereocenters. The molecule has 0 saturated carbocycles. The highest BCUT2D eigenvalue weighted by molar-refractivity contribution is 5.91. The van der Waals surface area contributed by atoms with Gasteiger partial charge in [0.1, 0.15) is 12.0 Å². The molecule has 1 heterocycles. The predicted molar refractivity (Wildman–Crippen MR) is 78.8 cm³/mol. The second-order valence-electron chi connectivity index (χ2n) is 4.90. The van der Waals surface area contributed by atoms with Crippen molar-refractivity contribution in [2.45, 2.75) is 26.2 Å². The number of anilines is 2. The molecule has 7 heteroatoms. The number of nitrogens with one attached hydrogen (secondary N) is 3. The third-order valence-corrected chi connectivity index (χ3v) is 3.19. The van der Waals surface area contributed by atoms with Gasteiger partial charge < -0.3 is 16.0 Å². The van der Waals surface area contributed by atoms with Crippen molar-refractivity contribution in [2.24, 2.45) is 0 Å². The summed E-state index contributed by atoms with van der Waals surface area (Å²) in [6.45, 7) is 3.06. The summed E-state index contributed by atoms with van der Waals surface area (Å²) >= 11 is 0. The molecule has 1 aliphatic rings. The first-order valence-corrected chi connectivity index (χ1v) is 6.55. The van der Waals surface area contributed by atoms with E-state index in [-0.39, 0.29) is 17.0 Å². The van der Waals surface area contributed by atoms with Crippen LogP contribution in [0.15, 0.2) is 41.8 Å². The lowest BCUT2D eigenvalue weighted by Gasteiger charge is -2.15. The lowest BCUT2D eigenvalue weighted by molar-refractivity contribution is -0.137. The van der Waals surface area contributed by atoms with Crippen LogP contribution in [0.3, 0.4) is 0 Å². The van der Waals surface area contributed by atoms with Gasteiger partial charge in [-0.2, -0.15) is 13.2 Å². The molecule has 1 aromatic carbocycles. The standard InChI is InChI=1S/C15H15F4N3/c1-3-10(11(16)6-8(2)20)14-21-12-5-4-9(15(17,18)19)7-13(12)22-14/h3-7,14,20-22H,1-2H3/b10-3+,11-6+,20-8?. The van der Waals surface area contributed by atoms with Crippen molar-refractivity contribution < 1.29 is 17.6 Å². The van der Waals surface area contributed by atoms with Crippen LogP contribution in [-0.2, 0) is 6.18 Å². The molecule has 0 saturated heterocycles. The maximum atomic E-state index is 14.1. The normalized spacial score (nSPS) is 18.5. The number of halogens is 4. The van der Waals surface area contributed by atoms with Crippen molar-refractivity contribution in [3.05, 3.63) is 47.3 Å². The molecular formula is C15H15F4N3. The van der Waals surface area contributed by atoms with Crippen LogP contribution in [0, 0.1) is 5.41 Å². The Kier molecular flexibility index (Phi) is 4.25. The monoisotopic (exact) mass is 313 g/mol. The van der Waals surface area contributed by atoms with E-state index in [1.807, 2.05) is 0 Å². The molecule has 1 aliphatic heterocycles. The van der Waals surface area contributed by atoms with Crippen LogP contribution in [0.1, 0.15) is 19.4 Å². The van der Waals surface area contributed by atoms with E-state index in [9.17, 15) is 17.6 Å². The Labute approximate surface area is 125 Å². The van der Waals surface area contributed by atoms with Crippen LogP contribution in [-0.4, -0.2) is 11.9 Å². The summed E-state index contributed by atoms with van der Waals surface area (Å²) in [5, 5.41) is 13.0. The molecule has 0 fully saturated rings. The first-order valence-electron chi connectivity index (χ1n) is 6.55. The predicted octanol–water partition coefficient (Wildman–Crippen LogP) is 4.71. The van der Waals surface area contributed by atoms with Gasteiger partial charge in [-0.3, -0.25) is 0 Å². The van der Waals surface area contributed by atoms with Crippen LogP contribution >= 0.6 is 0 Å². The van der Waals surface area contributed by atoms with E-state index in [0.29, 0.717) is 5.69 Å². The zero-order chi connectivity index (χ0) is 16.5. The van der Waals surface area contributed by atoms with Crippen molar-refractivity contribution in [2.75, 3.05) is 10.6 Å². The molecular weight excluding hydrogens is 298 g/mol. The number of rotatable bonds is 3. The quantitative estimate of drug-likeness (QED) is 0.430. The van der Waals surface area contributed by atoms with Gasteiger partial charge in [0.2, 0.25) is 0 Å². The molecule has 1 atom stereocenters. The first-order chi connectivity index (χ1) is 10.2. The van der Waals surface area contributed by atoms with Crippen molar-refractivity contribution in [1.29, 1.82) is 5.41 Å². The lowest BCUT2D eigenvalue weighted by Crippen LogP contribution is -2.25. The third kappa shape index (κ3) is 3.29. The van der Waals surface area contributed by atoms with Gasteiger partial charge >= 0.3 is 6.18 Å². The number of hydrogen-bond acceptors (Lipinski definition) is 3. The van der Waals surface area contributed by atoms with Crippen molar-refractivity contribution in [3.63, 3.8) is 0 Å². The van der Waals surface area contributed by atoms with E-state index in [1.165, 1.54) is 19.1 Å². The Balaban J connectivity index is 2.27. The number of hydrogen-bond donors (Lipinski definition) is 3. The average Bonchev–Trinajstić information content (AvgIpc) is 2.79. The molecule has 3 nitrogen and oxygen atoms in total. The van der Waals surface area contributed by atoms with Gasteiger partial charge in [-0.05, 0) is 38.1 Å². The molecule has 0 spiro atoms. The Morgan fingerprint density at radius 1 is 1.23 bits per heavy atom. The molecule has 0 amide bonds. The lowest BCUT2D eigenvalue weighted by atomic mass is 10.1. The minimum atomic E-state index is -4.43. The summed E-state index contributed by atoms with van der Waals surface area (Å²) in [6.07, 6.45) is -2.54. The highest BCUT2D eigenvalue weighted by Crippen LogP contribution is 2.38. The largest absolute Gasteiger partial charge is 0.416 e. The van der Waals surface area contributed by atoms with Gasteiger partial charge in [0.15, 0.2) is 0 Å². The molecule has 0 radical (unpaired) electrons. The SMILES string of the molecule is C/C=C(\C(F)=C/C(C)=N)C1Nc2ccc(C(F)(F)F)cc2N1. The van der Waals surface area contributed by atoms with E-state index in [1.54, 1.807) is 6.92 Å². The Morgan fingerprint density at radius 3 is 2.41 bits per heavy atom. The van der Waals surface area contributed by atoms with Gasteiger partial charge in [0, 0.05) is 11.3 Å². The number of benzene rings is 1. The van der Waals surface area contributed by atoms with Crippen molar-refractivity contribution in [3.8, 4) is 0 Å². The number of fused-ring (bicyclic) bond motifs is 1. The van der Waals surface area contributed by atoms with Gasteiger partial charge in [-0.15, -0.1) is 0 Å². The second kappa shape index (κ2) is 5.82. The summed E-state index contributed by atoms with van der Waals surface area (Å²) in [5.74, 6) is -0.608. The number of allylic oxidation sites excluding steroid dienone is 2. The fourth-order valence-electron chi connectivity index (χ4n) is 2.18. The third-order valence-electron chi connectivity index (χ3n) is 3.19. The molecule has 22 heavy (non-hydrogen) atoms. The van der Waals surface area contributed by atoms with Crippen LogP contribution in [0.2, 0.25) is 0 Å². The van der Waals surface area contributed by atoms with Gasteiger partial charge in [-0.1, -0.05) is 6.08 Å². The summed E-state index contributed by atoms with van der Waals surface area (Å²) in [4.78, 5) is 0. The van der Waals surface area contributed by atoms with E-state index in [4.69, 9.17) is 5.41 Å². The summed E-state index contributed by atoms with van der Waals surface area (Å²) in [5.41, 5.74) is 0.243. The Bertz CT molecular complexity index is 659. The van der Waals surface area contributed by atoms with Crippen LogP contribution in [0.5, 0.6) is 0 Å². The van der Waals surface area contributed by atoms with Crippen LogP contribution in [0.25, 0.3) is 0 Å². The topological polar surface area (TPSA) is 47.9 Å². The van der Waals surface area contributed by atoms with Gasteiger partial charge in [-0.25, -0.2) is 4.39 Å². The molecule has 2 rings (SSSR count). The van der Waals surface area contributed by atoms with Gasteiger partial charge in [0.25, 0.3) is 0 Å². The molecule has 0 aliphatic carbocycles. The minimum absolute atomic E-state index is 0.0479. The van der Waals surface area contributed by atoms with Crippen LogP contribution in [0.4, 0.5) is 28.9 Å². The fourth-order valence-corrected chi connectivity index (χ4v) is 2.18. The smallest absolute Gasteiger partial charge is 0.360 e. The first kappa shape index (κ1) is 16.1. The zero-order valence-electron chi connectivity index (χ0n) is 12.0. The number of alkyl halides is 3. The molecule has 1 aromatic rings. The zero-order valence-corrected chi connectivity index (χ0v) is 12.0. The van der Waals surface area contributed by atoms with Gasteiger partial charge in [0.05, 0.1) is 16.9 Å². The Hall–Kier alpha value is -2.31. The highest BCUT2D eigenvalue weighted by Gasteiger charge is 2.33. The van der Waals surface area contributed by atoms with E-state index >= 15 is 0 Å². The van der Waals surface area contributed by atoms with E-state index in [2.05, 4.69) is 10.6 Å². The van der Waals surface area contributed by atoms with E-state index in [0.717, 1.165) is 18.2 Å². The fraction of sp³-hybridized carbons (Fsp3) is 0.267. The molecule has 118 valence electrons. The van der Waals surface area contributed by atoms with Crippen LogP contribution < -0.4 is 10.6 Å². The molecule has 0 aromatic heterocycles. The molecule has 0 bridgehead atoms. The maximum absolute atomic E-state index is 14.1. The second-order valence-corrected chi connectivity index (χ2v) is 4.90. The summed E-state index contributed by atoms with van der Waals surface area (Å²) in [6, 6.07) is 3.26. The maximum Gasteiger partial charge on any atom is 0.416 e. The highest BCUT2D eigenvalue weighted by atomic mass is 19.4. The Morgan fingerprint density at radius 2 is 1.86 bits per heavy atom. The van der Waals surface area contributed by atoms with Crippen molar-refractivity contribution >= 4 is 17.1 Å². The minimum Gasteiger partial charge on any atom is -0.360 e. The summed E-state index contributed by atoms with van der Waals surface area (Å²) < 4.78 is 52.1. The van der Waals surface area contributed by atoms with Crippen molar-refractivity contribution in [1.82, 2.24) is 0 Å².